The van der Waals surface area contributed by atoms with Crippen molar-refractivity contribution in [2.45, 2.75) is 39.0 Å². The molecule has 0 aromatic heterocycles. The molecule has 0 unspecified atom stereocenters. The lowest BCUT2D eigenvalue weighted by Crippen LogP contribution is -2.17. The fourth-order valence-corrected chi connectivity index (χ4v) is 2.72. The van der Waals surface area contributed by atoms with E-state index >= 15 is 0 Å². The first kappa shape index (κ1) is 7.51. The van der Waals surface area contributed by atoms with Gasteiger partial charge >= 0.3 is 0 Å². The van der Waals surface area contributed by atoms with Crippen LogP contribution >= 0.6 is 0 Å². The summed E-state index contributed by atoms with van der Waals surface area (Å²) in [5.74, 6) is -1.55. The Morgan fingerprint density at radius 1 is 1.27 bits per heavy atom. The molecule has 2 atom stereocenters. The molecule has 2 fully saturated rings. The Balaban J connectivity index is 2.13. The van der Waals surface area contributed by atoms with Crippen molar-refractivity contribution in [3.8, 4) is 0 Å². The van der Waals surface area contributed by atoms with Gasteiger partial charge in [0.2, 0.25) is 5.92 Å². The molecule has 0 amide bonds. The van der Waals surface area contributed by atoms with Gasteiger partial charge in [-0.25, -0.2) is 8.78 Å². The molecule has 2 heteroatoms. The third-order valence-electron chi connectivity index (χ3n) is 3.56. The van der Waals surface area contributed by atoms with Gasteiger partial charge in [0.25, 0.3) is 0 Å². The van der Waals surface area contributed by atoms with Gasteiger partial charge in [-0.05, 0) is 23.7 Å². The predicted molar refractivity (Wildman–Crippen MR) is 39.6 cm³/mol. The second-order valence-electron chi connectivity index (χ2n) is 4.53. The number of rotatable bonds is 1. The molecule has 0 saturated heterocycles. The Hall–Kier alpha value is -0.140. The summed E-state index contributed by atoms with van der Waals surface area (Å²) in [4.78, 5) is 0. The van der Waals surface area contributed by atoms with Crippen molar-refractivity contribution >= 4 is 0 Å². The first-order valence-electron chi connectivity index (χ1n) is 4.34. The van der Waals surface area contributed by atoms with Crippen LogP contribution in [0.1, 0.15) is 33.1 Å². The minimum absolute atomic E-state index is 0.0451. The van der Waals surface area contributed by atoms with Gasteiger partial charge in [-0.2, -0.15) is 0 Å². The minimum Gasteiger partial charge on any atom is -0.207 e. The summed E-state index contributed by atoms with van der Waals surface area (Å²) in [6, 6.07) is 0. The molecule has 2 saturated carbocycles. The first-order valence-corrected chi connectivity index (χ1v) is 4.34. The number of hydrogen-bond donors (Lipinski definition) is 0. The highest BCUT2D eigenvalue weighted by atomic mass is 19.3. The zero-order valence-corrected chi connectivity index (χ0v) is 7.03. The summed E-state index contributed by atoms with van der Waals surface area (Å²) >= 11 is 0. The summed E-state index contributed by atoms with van der Waals surface area (Å²) in [6.45, 7) is 4.14. The van der Waals surface area contributed by atoms with E-state index in [1.165, 1.54) is 0 Å². The van der Waals surface area contributed by atoms with Gasteiger partial charge in [0.1, 0.15) is 0 Å². The average molecular weight is 160 g/mol. The Labute approximate surface area is 66.0 Å². The molecule has 0 heterocycles. The Morgan fingerprint density at radius 2 is 1.91 bits per heavy atom. The van der Waals surface area contributed by atoms with E-state index in [0.717, 1.165) is 6.42 Å². The predicted octanol–water partition coefficient (Wildman–Crippen LogP) is 3.08. The van der Waals surface area contributed by atoms with E-state index in [9.17, 15) is 8.78 Å². The van der Waals surface area contributed by atoms with E-state index < -0.39 is 5.92 Å². The quantitative estimate of drug-likeness (QED) is 0.553. The number of fused-ring (bicyclic) bond motifs is 1. The van der Waals surface area contributed by atoms with Crippen LogP contribution in [0, 0.1) is 17.3 Å². The second-order valence-corrected chi connectivity index (χ2v) is 4.53. The third kappa shape index (κ3) is 0.911. The van der Waals surface area contributed by atoms with Gasteiger partial charge in [-0.15, -0.1) is 0 Å². The molecule has 0 nitrogen and oxygen atoms in total. The Kier molecular flexibility index (Phi) is 1.21. The summed E-state index contributed by atoms with van der Waals surface area (Å²) in [6.07, 6.45) is 1.37. The summed E-state index contributed by atoms with van der Waals surface area (Å²) in [5.41, 5.74) is 0.0451. The van der Waals surface area contributed by atoms with Gasteiger partial charge in [0.15, 0.2) is 0 Å². The van der Waals surface area contributed by atoms with Crippen LogP contribution in [0.25, 0.3) is 0 Å². The van der Waals surface area contributed by atoms with E-state index in [1.807, 2.05) is 0 Å². The molecule has 0 N–H and O–H groups in total. The van der Waals surface area contributed by atoms with E-state index in [-0.39, 0.29) is 18.3 Å². The monoisotopic (exact) mass is 160 g/mol. The van der Waals surface area contributed by atoms with Gasteiger partial charge in [-0.3, -0.25) is 0 Å². The zero-order valence-electron chi connectivity index (χ0n) is 7.03. The molecule has 11 heavy (non-hydrogen) atoms. The maximum atomic E-state index is 12.8. The zero-order chi connectivity index (χ0) is 8.28. The van der Waals surface area contributed by atoms with Crippen molar-refractivity contribution < 1.29 is 8.78 Å². The maximum absolute atomic E-state index is 12.8. The molecule has 0 bridgehead atoms. The smallest absolute Gasteiger partial charge is 0.207 e. The largest absolute Gasteiger partial charge is 0.249 e. The van der Waals surface area contributed by atoms with Crippen LogP contribution in [-0.4, -0.2) is 5.92 Å². The van der Waals surface area contributed by atoms with Crippen LogP contribution < -0.4 is 0 Å². The van der Waals surface area contributed by atoms with Crippen molar-refractivity contribution in [3.05, 3.63) is 0 Å². The first-order chi connectivity index (χ1) is 4.96. The van der Waals surface area contributed by atoms with Crippen LogP contribution in [0.15, 0.2) is 0 Å². The average Bonchev–Trinajstić information content (AvgIpc) is 2.35. The number of hydrogen-bond acceptors (Lipinski definition) is 0. The van der Waals surface area contributed by atoms with E-state index in [4.69, 9.17) is 0 Å². The lowest BCUT2D eigenvalue weighted by Gasteiger charge is -2.19. The molecule has 64 valence electrons. The lowest BCUT2D eigenvalue weighted by atomic mass is 9.89. The van der Waals surface area contributed by atoms with Gasteiger partial charge in [0, 0.05) is 12.8 Å². The van der Waals surface area contributed by atoms with Crippen LogP contribution in [0.5, 0.6) is 0 Å². The Bertz CT molecular complexity index is 186. The lowest BCUT2D eigenvalue weighted by molar-refractivity contribution is -0.0138. The molecule has 2 aliphatic rings. The Morgan fingerprint density at radius 3 is 2.18 bits per heavy atom. The molecule has 0 aliphatic heterocycles. The summed E-state index contributed by atoms with van der Waals surface area (Å²) in [5, 5.41) is 0. The maximum Gasteiger partial charge on any atom is 0.249 e. The normalized spacial score (nSPS) is 46.1. The van der Waals surface area contributed by atoms with Crippen LogP contribution in [0.3, 0.4) is 0 Å². The van der Waals surface area contributed by atoms with E-state index in [0.29, 0.717) is 11.8 Å². The minimum atomic E-state index is -2.34. The summed E-state index contributed by atoms with van der Waals surface area (Å²) in [7, 11) is 0. The van der Waals surface area contributed by atoms with Crippen molar-refractivity contribution in [3.63, 3.8) is 0 Å². The molecule has 0 spiro atoms. The van der Waals surface area contributed by atoms with Gasteiger partial charge in [-0.1, -0.05) is 13.8 Å². The molecular formula is C9H14F2. The second kappa shape index (κ2) is 1.78. The van der Waals surface area contributed by atoms with Crippen LogP contribution in [-0.2, 0) is 0 Å². The molecule has 2 aliphatic carbocycles. The van der Waals surface area contributed by atoms with Crippen molar-refractivity contribution in [2.24, 2.45) is 17.3 Å². The van der Waals surface area contributed by atoms with E-state index in [1.54, 1.807) is 0 Å². The van der Waals surface area contributed by atoms with Crippen molar-refractivity contribution in [2.75, 3.05) is 0 Å². The van der Waals surface area contributed by atoms with E-state index in [2.05, 4.69) is 13.8 Å². The number of alkyl halides is 2. The van der Waals surface area contributed by atoms with Crippen LogP contribution in [0.2, 0.25) is 0 Å². The summed E-state index contributed by atoms with van der Waals surface area (Å²) < 4.78 is 25.7. The standard InChI is InChI=1S/C9H14F2/c1-6(2)8-3-7(8)4-9(10,11)5-8/h6-7H,3-5H2,1-2H3/t7-,8+/m1/s1. The SMILES string of the molecule is CC(C)[C@@]12C[C@@H]1CC(F)(F)C2. The molecular weight excluding hydrogens is 146 g/mol. The van der Waals surface area contributed by atoms with Gasteiger partial charge < -0.3 is 0 Å². The molecule has 2 rings (SSSR count). The highest BCUT2D eigenvalue weighted by Crippen LogP contribution is 2.71. The topological polar surface area (TPSA) is 0 Å². The van der Waals surface area contributed by atoms with Crippen LogP contribution in [0.4, 0.5) is 8.78 Å². The third-order valence-corrected chi connectivity index (χ3v) is 3.56. The highest BCUT2D eigenvalue weighted by Gasteiger charge is 2.67. The highest BCUT2D eigenvalue weighted by molar-refractivity contribution is 5.13. The van der Waals surface area contributed by atoms with Crippen molar-refractivity contribution in [1.29, 1.82) is 0 Å². The van der Waals surface area contributed by atoms with Gasteiger partial charge in [0.05, 0.1) is 0 Å². The molecule has 0 radical (unpaired) electrons. The molecule has 0 aromatic rings. The van der Waals surface area contributed by atoms with Crippen molar-refractivity contribution in [1.82, 2.24) is 0 Å². The number of halogens is 2. The fourth-order valence-electron chi connectivity index (χ4n) is 2.72. The fraction of sp³-hybridized carbons (Fsp3) is 1.00. The molecule has 0 aromatic carbocycles.